The summed E-state index contributed by atoms with van der Waals surface area (Å²) in [5.74, 6) is 0. The summed E-state index contributed by atoms with van der Waals surface area (Å²) in [7, 11) is -3.95. The zero-order chi connectivity index (χ0) is 7.33. The van der Waals surface area contributed by atoms with Crippen LogP contribution in [0, 0.1) is 0 Å². The molecule has 4 nitrogen and oxygen atoms in total. The van der Waals surface area contributed by atoms with Crippen molar-refractivity contribution in [3.63, 3.8) is 0 Å². The third kappa shape index (κ3) is 11.0. The minimum Gasteiger partial charge on any atom is -0.273 e. The van der Waals surface area contributed by atoms with E-state index in [1.165, 1.54) is 0 Å². The van der Waals surface area contributed by atoms with Crippen molar-refractivity contribution in [3.05, 3.63) is 0 Å². The van der Waals surface area contributed by atoms with Gasteiger partial charge in [0.1, 0.15) is 0 Å². The standard InChI is InChI=1S/C4H11NO3S.ClH/c1-2-3-4-5-9(6,7)8;/h5H,2-4H2,1H3,(H,6,7,8);1H. The van der Waals surface area contributed by atoms with Gasteiger partial charge in [0.05, 0.1) is 0 Å². The van der Waals surface area contributed by atoms with Gasteiger partial charge in [-0.3, -0.25) is 4.55 Å². The van der Waals surface area contributed by atoms with Gasteiger partial charge < -0.3 is 0 Å². The summed E-state index contributed by atoms with van der Waals surface area (Å²) in [5.41, 5.74) is 0. The first kappa shape index (κ1) is 12.8. The van der Waals surface area contributed by atoms with Gasteiger partial charge in [-0.1, -0.05) is 13.3 Å². The SMILES string of the molecule is CCCCNS(=O)(=O)O.Cl. The van der Waals surface area contributed by atoms with Gasteiger partial charge in [-0.25, -0.2) is 0 Å². The molecule has 0 amide bonds. The highest BCUT2D eigenvalue weighted by Crippen LogP contribution is 1.83. The summed E-state index contributed by atoms with van der Waals surface area (Å²) >= 11 is 0. The molecule has 0 aliphatic carbocycles. The van der Waals surface area contributed by atoms with Gasteiger partial charge in [0.25, 0.3) is 0 Å². The molecule has 0 heterocycles. The fourth-order valence-electron chi connectivity index (χ4n) is 0.378. The molecule has 0 bridgehead atoms. The van der Waals surface area contributed by atoms with Gasteiger partial charge in [-0.05, 0) is 6.42 Å². The molecule has 0 fully saturated rings. The van der Waals surface area contributed by atoms with E-state index < -0.39 is 10.3 Å². The molecule has 6 heteroatoms. The average Bonchev–Trinajstić information content (AvgIpc) is 1.63. The molecule has 0 spiro atoms. The molecule has 0 radical (unpaired) electrons. The Labute approximate surface area is 67.3 Å². The Balaban J connectivity index is 0. The molecule has 10 heavy (non-hydrogen) atoms. The minimum atomic E-state index is -3.95. The highest BCUT2D eigenvalue weighted by atomic mass is 35.5. The van der Waals surface area contributed by atoms with Crippen LogP contribution in [0.5, 0.6) is 0 Å². The van der Waals surface area contributed by atoms with Crippen molar-refractivity contribution in [3.8, 4) is 0 Å². The zero-order valence-corrected chi connectivity index (χ0v) is 7.33. The molecule has 0 saturated heterocycles. The number of hydrogen-bond donors (Lipinski definition) is 2. The lowest BCUT2D eigenvalue weighted by Crippen LogP contribution is -2.23. The Kier molecular flexibility index (Phi) is 7.56. The average molecular weight is 190 g/mol. The highest BCUT2D eigenvalue weighted by molar-refractivity contribution is 7.83. The summed E-state index contributed by atoms with van der Waals surface area (Å²) in [4.78, 5) is 0. The van der Waals surface area contributed by atoms with Gasteiger partial charge in [-0.15, -0.1) is 12.4 Å². The van der Waals surface area contributed by atoms with E-state index in [0.29, 0.717) is 6.54 Å². The van der Waals surface area contributed by atoms with Gasteiger partial charge in [-0.2, -0.15) is 13.1 Å². The van der Waals surface area contributed by atoms with E-state index in [-0.39, 0.29) is 12.4 Å². The monoisotopic (exact) mass is 189 g/mol. The Hall–Kier alpha value is 0.160. The van der Waals surface area contributed by atoms with Gasteiger partial charge >= 0.3 is 10.3 Å². The fourth-order valence-corrected chi connectivity index (χ4v) is 0.780. The van der Waals surface area contributed by atoms with Crippen molar-refractivity contribution in [2.24, 2.45) is 0 Å². The first-order chi connectivity index (χ1) is 4.06. The van der Waals surface area contributed by atoms with Gasteiger partial charge in [0, 0.05) is 6.54 Å². The predicted molar refractivity (Wildman–Crippen MR) is 41.7 cm³/mol. The molecule has 0 aliphatic heterocycles. The fraction of sp³-hybridized carbons (Fsp3) is 1.00. The maximum atomic E-state index is 9.95. The van der Waals surface area contributed by atoms with Crippen LogP contribution in [0.25, 0.3) is 0 Å². The molecule has 0 aromatic heterocycles. The number of hydrogen-bond acceptors (Lipinski definition) is 2. The zero-order valence-electron chi connectivity index (χ0n) is 5.70. The Morgan fingerprint density at radius 1 is 1.50 bits per heavy atom. The molecule has 0 rings (SSSR count). The van der Waals surface area contributed by atoms with Crippen molar-refractivity contribution < 1.29 is 13.0 Å². The van der Waals surface area contributed by atoms with Crippen molar-refractivity contribution in [1.82, 2.24) is 4.72 Å². The molecular formula is C4H12ClNO3S. The molecule has 64 valence electrons. The van der Waals surface area contributed by atoms with Gasteiger partial charge in [0.2, 0.25) is 0 Å². The lowest BCUT2D eigenvalue weighted by molar-refractivity contribution is 0.466. The lowest BCUT2D eigenvalue weighted by Gasteiger charge is -1.96. The topological polar surface area (TPSA) is 66.4 Å². The normalized spacial score (nSPS) is 10.6. The van der Waals surface area contributed by atoms with Crippen LogP contribution >= 0.6 is 12.4 Å². The van der Waals surface area contributed by atoms with Crippen LogP contribution in [-0.4, -0.2) is 19.5 Å². The second-order valence-electron chi connectivity index (χ2n) is 1.72. The van der Waals surface area contributed by atoms with Crippen molar-refractivity contribution in [2.75, 3.05) is 6.54 Å². The van der Waals surface area contributed by atoms with Crippen LogP contribution in [0.1, 0.15) is 19.8 Å². The predicted octanol–water partition coefficient (Wildman–Crippen LogP) is 0.601. The van der Waals surface area contributed by atoms with E-state index >= 15 is 0 Å². The highest BCUT2D eigenvalue weighted by Gasteiger charge is 1.98. The molecule has 0 unspecified atom stereocenters. The Morgan fingerprint density at radius 3 is 2.30 bits per heavy atom. The van der Waals surface area contributed by atoms with Crippen molar-refractivity contribution in [1.29, 1.82) is 0 Å². The van der Waals surface area contributed by atoms with Crippen molar-refractivity contribution >= 4 is 22.7 Å². The minimum absolute atomic E-state index is 0. The van der Waals surface area contributed by atoms with E-state index in [9.17, 15) is 8.42 Å². The van der Waals surface area contributed by atoms with Crippen LogP contribution in [-0.2, 0) is 10.3 Å². The number of rotatable bonds is 4. The van der Waals surface area contributed by atoms with Crippen molar-refractivity contribution in [2.45, 2.75) is 19.8 Å². The molecule has 0 aliphatic rings. The van der Waals surface area contributed by atoms with Crippen LogP contribution in [0.2, 0.25) is 0 Å². The second-order valence-corrected chi connectivity index (χ2v) is 2.96. The molecule has 2 N–H and O–H groups in total. The number of halogens is 1. The van der Waals surface area contributed by atoms with E-state index in [0.717, 1.165) is 12.8 Å². The van der Waals surface area contributed by atoms with Crippen LogP contribution < -0.4 is 4.72 Å². The lowest BCUT2D eigenvalue weighted by atomic mass is 10.3. The molecule has 0 aromatic carbocycles. The largest absolute Gasteiger partial charge is 0.333 e. The second kappa shape index (κ2) is 5.91. The summed E-state index contributed by atoms with van der Waals surface area (Å²) in [6, 6.07) is 0. The van der Waals surface area contributed by atoms with E-state index in [1.807, 2.05) is 11.6 Å². The molecule has 0 saturated carbocycles. The van der Waals surface area contributed by atoms with E-state index in [1.54, 1.807) is 0 Å². The summed E-state index contributed by atoms with van der Waals surface area (Å²) in [5, 5.41) is 0. The van der Waals surface area contributed by atoms with E-state index in [4.69, 9.17) is 4.55 Å². The molecule has 0 atom stereocenters. The Bertz CT molecular complexity index is 156. The van der Waals surface area contributed by atoms with Crippen LogP contribution in [0.15, 0.2) is 0 Å². The molecular weight excluding hydrogens is 178 g/mol. The summed E-state index contributed by atoms with van der Waals surface area (Å²) < 4.78 is 30.0. The maximum absolute atomic E-state index is 9.95. The summed E-state index contributed by atoms with van der Waals surface area (Å²) in [6.07, 6.45) is 1.66. The first-order valence-corrected chi connectivity index (χ1v) is 4.22. The molecule has 0 aromatic rings. The van der Waals surface area contributed by atoms with E-state index in [2.05, 4.69) is 0 Å². The smallest absolute Gasteiger partial charge is 0.273 e. The van der Waals surface area contributed by atoms with Crippen LogP contribution in [0.3, 0.4) is 0 Å². The third-order valence-corrected chi connectivity index (χ3v) is 1.38. The maximum Gasteiger partial charge on any atom is 0.333 e. The van der Waals surface area contributed by atoms with Crippen LogP contribution in [0.4, 0.5) is 0 Å². The Morgan fingerprint density at radius 2 is 2.00 bits per heavy atom. The summed E-state index contributed by atoms with van der Waals surface area (Å²) in [6.45, 7) is 2.25. The first-order valence-electron chi connectivity index (χ1n) is 2.78. The van der Waals surface area contributed by atoms with Gasteiger partial charge in [0.15, 0.2) is 0 Å². The third-order valence-electron chi connectivity index (χ3n) is 0.815. The number of unbranched alkanes of at least 4 members (excludes halogenated alkanes) is 1. The number of nitrogens with one attached hydrogen (secondary N) is 1. The quantitative estimate of drug-likeness (QED) is 0.503.